The molecule has 1 aromatic rings. The number of carboxylic acid groups (broad SMARTS) is 1. The molecule has 3 nitrogen and oxygen atoms in total. The van der Waals surface area contributed by atoms with Crippen LogP contribution in [0.1, 0.15) is 43.7 Å². The van der Waals surface area contributed by atoms with Crippen molar-refractivity contribution >= 4 is 5.97 Å². The van der Waals surface area contributed by atoms with Gasteiger partial charge in [0.1, 0.15) is 0 Å². The van der Waals surface area contributed by atoms with Gasteiger partial charge in [-0.3, -0.25) is 9.69 Å². The zero-order valence-electron chi connectivity index (χ0n) is 11.8. The predicted molar refractivity (Wildman–Crippen MR) is 76.2 cm³/mol. The van der Waals surface area contributed by atoms with Crippen molar-refractivity contribution in [2.24, 2.45) is 5.92 Å². The summed E-state index contributed by atoms with van der Waals surface area (Å²) < 4.78 is 0. The molecule has 1 heterocycles. The first-order valence-corrected chi connectivity index (χ1v) is 7.10. The molecule has 0 aromatic heterocycles. The van der Waals surface area contributed by atoms with E-state index < -0.39 is 5.97 Å². The number of carbonyl (C=O) groups is 1. The van der Waals surface area contributed by atoms with Gasteiger partial charge in [0.25, 0.3) is 0 Å². The average Bonchev–Trinajstić information content (AvgIpc) is 2.39. The molecule has 0 aliphatic carbocycles. The normalized spacial score (nSPS) is 20.7. The fraction of sp³-hybridized carbons (Fsp3) is 0.562. The van der Waals surface area contributed by atoms with Gasteiger partial charge in [0.15, 0.2) is 0 Å². The first-order chi connectivity index (χ1) is 9.06. The van der Waals surface area contributed by atoms with Crippen LogP contribution in [0.3, 0.4) is 0 Å². The van der Waals surface area contributed by atoms with Crippen LogP contribution in [0.5, 0.6) is 0 Å². The highest BCUT2D eigenvalue weighted by Gasteiger charge is 2.25. The standard InChI is InChI=1S/C16H23NO2/c1-12(2)14-7-5-13(6-8-14)10-17-9-3-4-15(11-17)16(18)19/h5-8,12,15H,3-4,9-11H2,1-2H3,(H,18,19). The minimum absolute atomic E-state index is 0.191. The molecule has 0 amide bonds. The van der Waals surface area contributed by atoms with E-state index in [-0.39, 0.29) is 5.92 Å². The number of rotatable bonds is 4. The van der Waals surface area contributed by atoms with Crippen LogP contribution >= 0.6 is 0 Å². The van der Waals surface area contributed by atoms with E-state index in [4.69, 9.17) is 5.11 Å². The summed E-state index contributed by atoms with van der Waals surface area (Å²) in [6, 6.07) is 8.69. The molecule has 0 bridgehead atoms. The second-order valence-corrected chi connectivity index (χ2v) is 5.81. The Morgan fingerprint density at radius 1 is 1.37 bits per heavy atom. The van der Waals surface area contributed by atoms with Crippen LogP contribution in [0.15, 0.2) is 24.3 Å². The summed E-state index contributed by atoms with van der Waals surface area (Å²) in [6.07, 6.45) is 1.80. The number of hydrogen-bond donors (Lipinski definition) is 1. The number of carboxylic acids is 1. The number of benzene rings is 1. The van der Waals surface area contributed by atoms with Crippen LogP contribution < -0.4 is 0 Å². The predicted octanol–water partition coefficient (Wildman–Crippen LogP) is 3.11. The molecule has 1 aromatic carbocycles. The van der Waals surface area contributed by atoms with Crippen molar-refractivity contribution in [3.63, 3.8) is 0 Å². The van der Waals surface area contributed by atoms with Gasteiger partial charge >= 0.3 is 5.97 Å². The largest absolute Gasteiger partial charge is 0.481 e. The monoisotopic (exact) mass is 261 g/mol. The maximum Gasteiger partial charge on any atom is 0.307 e. The van der Waals surface area contributed by atoms with Crippen LogP contribution in [0.25, 0.3) is 0 Å². The lowest BCUT2D eigenvalue weighted by Crippen LogP contribution is -2.38. The number of aliphatic carboxylic acids is 1. The van der Waals surface area contributed by atoms with E-state index in [1.54, 1.807) is 0 Å². The van der Waals surface area contributed by atoms with E-state index in [0.717, 1.165) is 25.9 Å². The van der Waals surface area contributed by atoms with Gasteiger partial charge in [-0.2, -0.15) is 0 Å². The molecule has 0 saturated carbocycles. The molecule has 1 fully saturated rings. The summed E-state index contributed by atoms with van der Waals surface area (Å²) in [5.74, 6) is -0.288. The molecule has 104 valence electrons. The summed E-state index contributed by atoms with van der Waals surface area (Å²) in [5, 5.41) is 9.09. The molecule has 1 unspecified atom stereocenters. The van der Waals surface area contributed by atoms with Gasteiger partial charge in [0.05, 0.1) is 5.92 Å². The molecule has 19 heavy (non-hydrogen) atoms. The van der Waals surface area contributed by atoms with E-state index in [1.165, 1.54) is 11.1 Å². The Hall–Kier alpha value is -1.35. The van der Waals surface area contributed by atoms with Crippen molar-refractivity contribution < 1.29 is 9.90 Å². The van der Waals surface area contributed by atoms with Gasteiger partial charge in [0.2, 0.25) is 0 Å². The SMILES string of the molecule is CC(C)c1ccc(CN2CCCC(C(=O)O)C2)cc1. The second kappa shape index (κ2) is 6.20. The van der Waals surface area contributed by atoms with Gasteiger partial charge in [-0.25, -0.2) is 0 Å². The van der Waals surface area contributed by atoms with E-state index in [9.17, 15) is 4.79 Å². The van der Waals surface area contributed by atoms with Gasteiger partial charge in [-0.1, -0.05) is 38.1 Å². The zero-order valence-corrected chi connectivity index (χ0v) is 11.8. The number of piperidine rings is 1. The Labute approximate surface area is 115 Å². The van der Waals surface area contributed by atoms with Crippen molar-refractivity contribution in [1.82, 2.24) is 4.90 Å². The lowest BCUT2D eigenvalue weighted by Gasteiger charge is -2.30. The fourth-order valence-corrected chi connectivity index (χ4v) is 2.67. The van der Waals surface area contributed by atoms with Crippen LogP contribution in [-0.4, -0.2) is 29.1 Å². The van der Waals surface area contributed by atoms with Crippen molar-refractivity contribution in [3.8, 4) is 0 Å². The van der Waals surface area contributed by atoms with Crippen LogP contribution in [0.2, 0.25) is 0 Å². The third kappa shape index (κ3) is 3.80. The van der Waals surface area contributed by atoms with Gasteiger partial charge in [-0.15, -0.1) is 0 Å². The Bertz CT molecular complexity index is 425. The van der Waals surface area contributed by atoms with Crippen LogP contribution in [0.4, 0.5) is 0 Å². The maximum absolute atomic E-state index is 11.0. The first-order valence-electron chi connectivity index (χ1n) is 7.10. The summed E-state index contributed by atoms with van der Waals surface area (Å²) in [6.45, 7) is 6.94. The van der Waals surface area contributed by atoms with E-state index >= 15 is 0 Å². The Morgan fingerprint density at radius 2 is 2.05 bits per heavy atom. The van der Waals surface area contributed by atoms with Crippen molar-refractivity contribution in [3.05, 3.63) is 35.4 Å². The molecule has 0 radical (unpaired) electrons. The number of likely N-dealkylation sites (tertiary alicyclic amines) is 1. The molecule has 1 aliphatic heterocycles. The van der Waals surface area contributed by atoms with Crippen LogP contribution in [-0.2, 0) is 11.3 Å². The highest BCUT2D eigenvalue weighted by Crippen LogP contribution is 2.20. The summed E-state index contributed by atoms with van der Waals surface area (Å²) >= 11 is 0. The highest BCUT2D eigenvalue weighted by atomic mass is 16.4. The average molecular weight is 261 g/mol. The van der Waals surface area contributed by atoms with Crippen LogP contribution in [0, 0.1) is 5.92 Å². The number of nitrogens with zero attached hydrogens (tertiary/aromatic N) is 1. The van der Waals surface area contributed by atoms with Crippen molar-refractivity contribution in [2.45, 2.75) is 39.2 Å². The van der Waals surface area contributed by atoms with Gasteiger partial charge in [0, 0.05) is 13.1 Å². The molecular formula is C16H23NO2. The lowest BCUT2D eigenvalue weighted by molar-refractivity contribution is -0.143. The Morgan fingerprint density at radius 3 is 2.63 bits per heavy atom. The third-order valence-electron chi connectivity index (χ3n) is 3.91. The first kappa shape index (κ1) is 14.1. The topological polar surface area (TPSA) is 40.5 Å². The van der Waals surface area contributed by atoms with Crippen molar-refractivity contribution in [1.29, 1.82) is 0 Å². The molecule has 1 aliphatic rings. The molecule has 1 N–H and O–H groups in total. The molecular weight excluding hydrogens is 238 g/mol. The minimum Gasteiger partial charge on any atom is -0.481 e. The molecule has 2 rings (SSSR count). The zero-order chi connectivity index (χ0) is 13.8. The molecule has 1 saturated heterocycles. The number of hydrogen-bond acceptors (Lipinski definition) is 2. The fourth-order valence-electron chi connectivity index (χ4n) is 2.67. The van der Waals surface area contributed by atoms with Gasteiger partial charge in [-0.05, 0) is 36.4 Å². The Kier molecular flexibility index (Phi) is 4.59. The second-order valence-electron chi connectivity index (χ2n) is 5.81. The lowest BCUT2D eigenvalue weighted by atomic mass is 9.97. The summed E-state index contributed by atoms with van der Waals surface area (Å²) in [4.78, 5) is 13.3. The third-order valence-corrected chi connectivity index (χ3v) is 3.91. The molecule has 3 heteroatoms. The Balaban J connectivity index is 1.95. The minimum atomic E-state index is -0.653. The van der Waals surface area contributed by atoms with Crippen molar-refractivity contribution in [2.75, 3.05) is 13.1 Å². The summed E-state index contributed by atoms with van der Waals surface area (Å²) in [5.41, 5.74) is 2.63. The molecule has 0 spiro atoms. The smallest absolute Gasteiger partial charge is 0.307 e. The quantitative estimate of drug-likeness (QED) is 0.905. The summed E-state index contributed by atoms with van der Waals surface area (Å²) in [7, 11) is 0. The van der Waals surface area contributed by atoms with Gasteiger partial charge < -0.3 is 5.11 Å². The van der Waals surface area contributed by atoms with E-state index in [2.05, 4.69) is 43.0 Å². The maximum atomic E-state index is 11.0. The van der Waals surface area contributed by atoms with E-state index in [0.29, 0.717) is 12.5 Å². The molecule has 1 atom stereocenters. The van der Waals surface area contributed by atoms with E-state index in [1.807, 2.05) is 0 Å². The highest BCUT2D eigenvalue weighted by molar-refractivity contribution is 5.70.